The SMILES string of the molecule is CC(C)(C)c1ccc(CN2CC(S)CC2=O)cc1. The summed E-state index contributed by atoms with van der Waals surface area (Å²) >= 11 is 4.37. The molecule has 0 aliphatic carbocycles. The highest BCUT2D eigenvalue weighted by Gasteiger charge is 2.26. The Kier molecular flexibility index (Phi) is 3.71. The predicted octanol–water partition coefficient (Wildman–Crippen LogP) is 3.01. The fourth-order valence-electron chi connectivity index (χ4n) is 2.23. The van der Waals surface area contributed by atoms with Gasteiger partial charge in [-0.1, -0.05) is 45.0 Å². The van der Waals surface area contributed by atoms with Gasteiger partial charge in [0.15, 0.2) is 0 Å². The topological polar surface area (TPSA) is 20.3 Å². The summed E-state index contributed by atoms with van der Waals surface area (Å²) in [6.45, 7) is 8.09. The second-order valence-electron chi connectivity index (χ2n) is 6.08. The summed E-state index contributed by atoms with van der Waals surface area (Å²) in [7, 11) is 0. The third kappa shape index (κ3) is 3.08. The minimum absolute atomic E-state index is 0.179. The molecule has 1 aromatic carbocycles. The Morgan fingerprint density at radius 3 is 2.33 bits per heavy atom. The minimum Gasteiger partial charge on any atom is -0.337 e. The van der Waals surface area contributed by atoms with Gasteiger partial charge >= 0.3 is 0 Å². The van der Waals surface area contributed by atoms with Crippen LogP contribution in [0.15, 0.2) is 24.3 Å². The first-order valence-corrected chi connectivity index (χ1v) is 6.93. The number of carbonyl (C=O) groups is 1. The lowest BCUT2D eigenvalue weighted by atomic mass is 9.87. The number of nitrogens with zero attached hydrogens (tertiary/aromatic N) is 1. The Morgan fingerprint density at radius 2 is 1.89 bits per heavy atom. The average Bonchev–Trinajstić information content (AvgIpc) is 2.57. The number of rotatable bonds is 2. The van der Waals surface area contributed by atoms with Gasteiger partial charge in [-0.3, -0.25) is 4.79 Å². The molecule has 0 aromatic heterocycles. The van der Waals surface area contributed by atoms with E-state index in [1.165, 1.54) is 11.1 Å². The maximum atomic E-state index is 11.7. The van der Waals surface area contributed by atoms with E-state index in [9.17, 15) is 4.79 Å². The maximum Gasteiger partial charge on any atom is 0.224 e. The molecular formula is C15H21NOS. The first kappa shape index (κ1) is 13.5. The van der Waals surface area contributed by atoms with Gasteiger partial charge in [0.25, 0.3) is 0 Å². The Bertz CT molecular complexity index is 433. The van der Waals surface area contributed by atoms with Crippen LogP contribution >= 0.6 is 12.6 Å². The van der Waals surface area contributed by atoms with Gasteiger partial charge in [0.2, 0.25) is 5.91 Å². The van der Waals surface area contributed by atoms with E-state index in [1.54, 1.807) is 0 Å². The van der Waals surface area contributed by atoms with Crippen molar-refractivity contribution in [3.63, 3.8) is 0 Å². The summed E-state index contributed by atoms with van der Waals surface area (Å²) in [6.07, 6.45) is 0.573. The van der Waals surface area contributed by atoms with Crippen LogP contribution in [0, 0.1) is 0 Å². The van der Waals surface area contributed by atoms with Crippen LogP contribution in [-0.2, 0) is 16.8 Å². The van der Waals surface area contributed by atoms with E-state index in [0.717, 1.165) is 6.54 Å². The number of carbonyl (C=O) groups excluding carboxylic acids is 1. The first-order chi connectivity index (χ1) is 8.36. The van der Waals surface area contributed by atoms with Gasteiger partial charge in [0.1, 0.15) is 0 Å². The molecule has 0 saturated carbocycles. The molecule has 0 bridgehead atoms. The molecule has 0 radical (unpaired) electrons. The zero-order valence-electron chi connectivity index (χ0n) is 11.3. The van der Waals surface area contributed by atoms with Crippen LogP contribution in [0.5, 0.6) is 0 Å². The van der Waals surface area contributed by atoms with E-state index in [4.69, 9.17) is 0 Å². The Hall–Kier alpha value is -0.960. The first-order valence-electron chi connectivity index (χ1n) is 6.41. The van der Waals surface area contributed by atoms with Crippen LogP contribution in [0.4, 0.5) is 0 Å². The zero-order chi connectivity index (χ0) is 13.3. The molecular weight excluding hydrogens is 242 g/mol. The summed E-state index contributed by atoms with van der Waals surface area (Å²) in [6, 6.07) is 8.57. The van der Waals surface area contributed by atoms with Gasteiger partial charge in [-0.25, -0.2) is 0 Å². The van der Waals surface area contributed by atoms with E-state index in [2.05, 4.69) is 57.7 Å². The lowest BCUT2D eigenvalue weighted by molar-refractivity contribution is -0.128. The fourth-order valence-corrected chi connectivity index (χ4v) is 2.59. The van der Waals surface area contributed by atoms with E-state index in [0.29, 0.717) is 13.0 Å². The van der Waals surface area contributed by atoms with Crippen molar-refractivity contribution in [2.75, 3.05) is 6.54 Å². The Balaban J connectivity index is 2.05. The molecule has 1 atom stereocenters. The zero-order valence-corrected chi connectivity index (χ0v) is 12.2. The van der Waals surface area contributed by atoms with Crippen LogP contribution < -0.4 is 0 Å². The quantitative estimate of drug-likeness (QED) is 0.813. The van der Waals surface area contributed by atoms with Crippen LogP contribution in [0.25, 0.3) is 0 Å². The molecule has 2 rings (SSSR count). The number of hydrogen-bond acceptors (Lipinski definition) is 2. The van der Waals surface area contributed by atoms with Crippen LogP contribution in [0.2, 0.25) is 0 Å². The second kappa shape index (κ2) is 4.96. The van der Waals surface area contributed by atoms with Crippen molar-refractivity contribution in [3.8, 4) is 0 Å². The average molecular weight is 263 g/mol. The molecule has 0 N–H and O–H groups in total. The second-order valence-corrected chi connectivity index (χ2v) is 6.81. The van der Waals surface area contributed by atoms with Crippen molar-refractivity contribution in [2.45, 2.75) is 44.4 Å². The number of thiol groups is 1. The molecule has 3 heteroatoms. The normalized spacial score (nSPS) is 20.6. The molecule has 98 valence electrons. The summed E-state index contributed by atoms with van der Waals surface area (Å²) in [5, 5.41) is 0.200. The standard InChI is InChI=1S/C15H21NOS/c1-15(2,3)12-6-4-11(5-7-12)9-16-10-13(18)8-14(16)17/h4-7,13,18H,8-10H2,1-3H3. The van der Waals surface area contributed by atoms with Crippen molar-refractivity contribution < 1.29 is 4.79 Å². The fraction of sp³-hybridized carbons (Fsp3) is 0.533. The van der Waals surface area contributed by atoms with Gasteiger partial charge in [0, 0.05) is 24.8 Å². The van der Waals surface area contributed by atoms with Crippen LogP contribution in [-0.4, -0.2) is 22.6 Å². The van der Waals surface area contributed by atoms with E-state index in [1.807, 2.05) is 4.90 Å². The number of amides is 1. The van der Waals surface area contributed by atoms with E-state index < -0.39 is 0 Å². The Labute approximate surface area is 115 Å². The van der Waals surface area contributed by atoms with Crippen LogP contribution in [0.3, 0.4) is 0 Å². The van der Waals surface area contributed by atoms with Crippen molar-refractivity contribution in [1.29, 1.82) is 0 Å². The number of hydrogen-bond donors (Lipinski definition) is 1. The van der Waals surface area contributed by atoms with Crippen molar-refractivity contribution >= 4 is 18.5 Å². The third-order valence-corrected chi connectivity index (χ3v) is 3.73. The van der Waals surface area contributed by atoms with E-state index >= 15 is 0 Å². The molecule has 1 amide bonds. The van der Waals surface area contributed by atoms with Crippen molar-refractivity contribution in [1.82, 2.24) is 4.90 Å². The molecule has 1 heterocycles. The summed E-state index contributed by atoms with van der Waals surface area (Å²) in [4.78, 5) is 13.6. The molecule has 1 aromatic rings. The number of benzene rings is 1. The lowest BCUT2D eigenvalue weighted by Crippen LogP contribution is -2.24. The summed E-state index contributed by atoms with van der Waals surface area (Å²) in [5.41, 5.74) is 2.70. The minimum atomic E-state index is 0.179. The largest absolute Gasteiger partial charge is 0.337 e. The maximum absolute atomic E-state index is 11.7. The van der Waals surface area contributed by atoms with Gasteiger partial charge in [-0.2, -0.15) is 12.6 Å². The molecule has 1 saturated heterocycles. The van der Waals surface area contributed by atoms with Crippen molar-refractivity contribution in [3.05, 3.63) is 35.4 Å². The Morgan fingerprint density at radius 1 is 1.28 bits per heavy atom. The highest BCUT2D eigenvalue weighted by atomic mass is 32.1. The number of likely N-dealkylation sites (tertiary alicyclic amines) is 1. The van der Waals surface area contributed by atoms with Gasteiger partial charge in [0.05, 0.1) is 0 Å². The smallest absolute Gasteiger partial charge is 0.224 e. The molecule has 1 unspecified atom stereocenters. The van der Waals surface area contributed by atoms with Gasteiger partial charge in [-0.05, 0) is 16.5 Å². The van der Waals surface area contributed by atoms with Crippen LogP contribution in [0.1, 0.15) is 38.3 Å². The predicted molar refractivity (Wildman–Crippen MR) is 78.0 cm³/mol. The summed E-state index contributed by atoms with van der Waals surface area (Å²) in [5.74, 6) is 0.217. The molecule has 1 aliphatic heterocycles. The molecule has 18 heavy (non-hydrogen) atoms. The molecule has 1 fully saturated rings. The van der Waals surface area contributed by atoms with Crippen molar-refractivity contribution in [2.24, 2.45) is 0 Å². The van der Waals surface area contributed by atoms with Gasteiger partial charge in [-0.15, -0.1) is 0 Å². The van der Waals surface area contributed by atoms with E-state index in [-0.39, 0.29) is 16.6 Å². The summed E-state index contributed by atoms with van der Waals surface area (Å²) < 4.78 is 0. The highest BCUT2D eigenvalue weighted by Crippen LogP contribution is 2.23. The molecule has 0 spiro atoms. The highest BCUT2D eigenvalue weighted by molar-refractivity contribution is 7.81. The molecule has 1 aliphatic rings. The third-order valence-electron chi connectivity index (χ3n) is 3.39. The lowest BCUT2D eigenvalue weighted by Gasteiger charge is -2.20. The molecule has 2 nitrogen and oxygen atoms in total. The monoisotopic (exact) mass is 263 g/mol. The van der Waals surface area contributed by atoms with Gasteiger partial charge < -0.3 is 4.90 Å².